The number of nitrogens with zero attached hydrogens (tertiary/aromatic N) is 2. The summed E-state index contributed by atoms with van der Waals surface area (Å²) in [7, 11) is 3.56. The molecule has 8 nitrogen and oxygen atoms in total. The zero-order chi connectivity index (χ0) is 22.2. The number of nitrogens with two attached hydrogens (primary N) is 1. The number of rotatable bonds is 9. The zero-order valence-corrected chi connectivity index (χ0v) is 17.5. The van der Waals surface area contributed by atoms with Crippen LogP contribution in [0.4, 0.5) is 16.3 Å². The second-order valence-corrected chi connectivity index (χ2v) is 6.86. The van der Waals surface area contributed by atoms with Gasteiger partial charge in [-0.25, -0.2) is 4.79 Å². The highest BCUT2D eigenvalue weighted by molar-refractivity contribution is 5.64. The van der Waals surface area contributed by atoms with Crippen molar-refractivity contribution in [2.75, 3.05) is 25.6 Å². The van der Waals surface area contributed by atoms with Gasteiger partial charge in [0.25, 0.3) is 0 Å². The van der Waals surface area contributed by atoms with Gasteiger partial charge >= 0.3 is 6.09 Å². The number of ether oxygens (including phenoxy) is 2. The van der Waals surface area contributed by atoms with E-state index < -0.39 is 6.09 Å². The van der Waals surface area contributed by atoms with Crippen LogP contribution < -0.4 is 25.4 Å². The predicted octanol–water partition coefficient (Wildman–Crippen LogP) is 3.92. The highest BCUT2D eigenvalue weighted by Gasteiger charge is 2.11. The van der Waals surface area contributed by atoms with Gasteiger partial charge in [-0.1, -0.05) is 12.1 Å². The number of aromatic nitrogens is 1. The Labute approximate surface area is 181 Å². The largest absolute Gasteiger partial charge is 0.497 e. The first-order valence-corrected chi connectivity index (χ1v) is 9.81. The van der Waals surface area contributed by atoms with Crippen molar-refractivity contribution < 1.29 is 19.4 Å². The molecule has 0 saturated carbocycles. The molecule has 8 heteroatoms. The molecule has 0 spiro atoms. The normalized spacial score (nSPS) is 10.4. The molecule has 0 fully saturated rings. The molecule has 0 atom stereocenters. The minimum Gasteiger partial charge on any atom is -0.497 e. The first kappa shape index (κ1) is 21.9. The fraction of sp³-hybridized carbons (Fsp3) is 0.217. The van der Waals surface area contributed by atoms with E-state index >= 15 is 0 Å². The summed E-state index contributed by atoms with van der Waals surface area (Å²) in [5.41, 5.74) is 8.73. The first-order chi connectivity index (χ1) is 15.0. The van der Waals surface area contributed by atoms with Gasteiger partial charge in [0.05, 0.1) is 7.11 Å². The monoisotopic (exact) mass is 422 g/mol. The van der Waals surface area contributed by atoms with E-state index in [0.717, 1.165) is 22.6 Å². The van der Waals surface area contributed by atoms with Crippen LogP contribution in [-0.2, 0) is 13.0 Å². The van der Waals surface area contributed by atoms with E-state index in [-0.39, 0.29) is 0 Å². The van der Waals surface area contributed by atoms with Crippen LogP contribution in [-0.4, -0.2) is 36.9 Å². The van der Waals surface area contributed by atoms with Gasteiger partial charge in [-0.15, -0.1) is 0 Å². The SMILES string of the molecule is COc1ccc(N(C)c2cc(CN)cc(Oc3ccc(CCNC(=O)O)cc3)n2)cc1. The number of pyridine rings is 1. The van der Waals surface area contributed by atoms with Gasteiger partial charge in [0.1, 0.15) is 17.3 Å². The lowest BCUT2D eigenvalue weighted by atomic mass is 10.1. The quantitative estimate of drug-likeness (QED) is 0.479. The standard InChI is InChI=1S/C23H26N4O4/c1-27(18-5-9-19(30-2)10-6-18)21-13-17(15-24)14-22(26-21)31-20-7-3-16(4-8-20)11-12-25-23(28)29/h3-10,13-14,25H,11-12,15,24H2,1-2H3,(H,28,29). The molecule has 0 bridgehead atoms. The molecule has 1 aromatic heterocycles. The van der Waals surface area contributed by atoms with Gasteiger partial charge in [0.15, 0.2) is 0 Å². The zero-order valence-electron chi connectivity index (χ0n) is 17.5. The summed E-state index contributed by atoms with van der Waals surface area (Å²) in [4.78, 5) is 17.1. The summed E-state index contributed by atoms with van der Waals surface area (Å²) in [5.74, 6) is 2.57. The Bertz CT molecular complexity index is 1010. The number of anilines is 2. The highest BCUT2D eigenvalue weighted by Crippen LogP contribution is 2.29. The smallest absolute Gasteiger partial charge is 0.404 e. The Balaban J connectivity index is 1.74. The van der Waals surface area contributed by atoms with Crippen LogP contribution in [0, 0.1) is 0 Å². The molecule has 1 amide bonds. The summed E-state index contributed by atoms with van der Waals surface area (Å²) in [6.45, 7) is 0.717. The maximum Gasteiger partial charge on any atom is 0.404 e. The molecule has 3 aromatic rings. The number of amides is 1. The average molecular weight is 422 g/mol. The van der Waals surface area contributed by atoms with E-state index in [2.05, 4.69) is 10.3 Å². The topological polar surface area (TPSA) is 110 Å². The highest BCUT2D eigenvalue weighted by atomic mass is 16.5. The molecule has 0 saturated heterocycles. The molecular weight excluding hydrogens is 396 g/mol. The van der Waals surface area contributed by atoms with Crippen molar-refractivity contribution in [3.63, 3.8) is 0 Å². The summed E-state index contributed by atoms with van der Waals surface area (Å²) in [5, 5.41) is 11.0. The lowest BCUT2D eigenvalue weighted by Gasteiger charge is -2.20. The van der Waals surface area contributed by atoms with Crippen molar-refractivity contribution >= 4 is 17.6 Å². The maximum absolute atomic E-state index is 10.5. The number of benzene rings is 2. The van der Waals surface area contributed by atoms with Crippen molar-refractivity contribution in [1.82, 2.24) is 10.3 Å². The molecule has 0 aliphatic carbocycles. The Hall–Kier alpha value is -3.78. The van der Waals surface area contributed by atoms with Crippen molar-refractivity contribution in [2.24, 2.45) is 5.73 Å². The van der Waals surface area contributed by atoms with Gasteiger partial charge < -0.3 is 30.5 Å². The third kappa shape index (κ3) is 6.10. The fourth-order valence-corrected chi connectivity index (χ4v) is 2.98. The third-order valence-electron chi connectivity index (χ3n) is 4.72. The van der Waals surface area contributed by atoms with Gasteiger partial charge in [0, 0.05) is 31.9 Å². The summed E-state index contributed by atoms with van der Waals surface area (Å²) < 4.78 is 11.2. The van der Waals surface area contributed by atoms with Crippen LogP contribution in [0.25, 0.3) is 0 Å². The lowest BCUT2D eigenvalue weighted by Crippen LogP contribution is -2.23. The second-order valence-electron chi connectivity index (χ2n) is 6.86. The third-order valence-corrected chi connectivity index (χ3v) is 4.72. The van der Waals surface area contributed by atoms with Crippen LogP contribution in [0.3, 0.4) is 0 Å². The van der Waals surface area contributed by atoms with E-state index in [1.165, 1.54) is 0 Å². The van der Waals surface area contributed by atoms with Gasteiger partial charge in [0.2, 0.25) is 5.88 Å². The van der Waals surface area contributed by atoms with E-state index in [1.807, 2.05) is 72.6 Å². The molecule has 1 heterocycles. The number of carboxylic acid groups (broad SMARTS) is 1. The number of carbonyl (C=O) groups is 1. The molecule has 2 aromatic carbocycles. The van der Waals surface area contributed by atoms with Gasteiger partial charge in [-0.2, -0.15) is 4.98 Å². The van der Waals surface area contributed by atoms with Gasteiger partial charge in [-0.3, -0.25) is 0 Å². The molecule has 0 unspecified atom stereocenters. The fourth-order valence-electron chi connectivity index (χ4n) is 2.98. The summed E-state index contributed by atoms with van der Waals surface area (Å²) in [6.07, 6.45) is -0.425. The second kappa shape index (κ2) is 10.3. The predicted molar refractivity (Wildman–Crippen MR) is 119 cm³/mol. The number of hydrogen-bond donors (Lipinski definition) is 3. The minimum absolute atomic E-state index is 0.358. The maximum atomic E-state index is 10.5. The van der Waals surface area contributed by atoms with Crippen molar-refractivity contribution in [3.05, 3.63) is 71.8 Å². The van der Waals surface area contributed by atoms with Crippen LogP contribution in [0.5, 0.6) is 17.4 Å². The molecule has 0 aliphatic rings. The Morgan fingerprint density at radius 3 is 2.35 bits per heavy atom. The van der Waals surface area contributed by atoms with Crippen LogP contribution in [0.1, 0.15) is 11.1 Å². The molecule has 162 valence electrons. The van der Waals surface area contributed by atoms with Crippen molar-refractivity contribution in [1.29, 1.82) is 0 Å². The number of methoxy groups -OCH3 is 1. The van der Waals surface area contributed by atoms with Crippen molar-refractivity contribution in [3.8, 4) is 17.4 Å². The average Bonchev–Trinajstić information content (AvgIpc) is 2.79. The Morgan fingerprint density at radius 1 is 1.06 bits per heavy atom. The first-order valence-electron chi connectivity index (χ1n) is 9.81. The lowest BCUT2D eigenvalue weighted by molar-refractivity contribution is 0.194. The van der Waals surface area contributed by atoms with Crippen LogP contribution in [0.15, 0.2) is 60.7 Å². The van der Waals surface area contributed by atoms with E-state index in [1.54, 1.807) is 7.11 Å². The van der Waals surface area contributed by atoms with Gasteiger partial charge in [-0.05, 0) is 60.0 Å². The molecule has 3 rings (SSSR count). The van der Waals surface area contributed by atoms with E-state index in [4.69, 9.17) is 20.3 Å². The molecule has 31 heavy (non-hydrogen) atoms. The molecule has 0 aliphatic heterocycles. The summed E-state index contributed by atoms with van der Waals surface area (Å²) in [6, 6.07) is 18.9. The molecule has 0 radical (unpaired) electrons. The molecule has 4 N–H and O–H groups in total. The van der Waals surface area contributed by atoms with E-state index in [0.29, 0.717) is 37.0 Å². The summed E-state index contributed by atoms with van der Waals surface area (Å²) >= 11 is 0. The Kier molecular flexibility index (Phi) is 7.29. The number of nitrogens with one attached hydrogen (secondary N) is 1. The molecular formula is C23H26N4O4. The van der Waals surface area contributed by atoms with E-state index in [9.17, 15) is 4.79 Å². The van der Waals surface area contributed by atoms with Crippen molar-refractivity contribution in [2.45, 2.75) is 13.0 Å². The Morgan fingerprint density at radius 2 is 1.74 bits per heavy atom. The minimum atomic E-state index is -1.03. The van der Waals surface area contributed by atoms with Crippen LogP contribution >= 0.6 is 0 Å². The number of hydrogen-bond acceptors (Lipinski definition) is 6. The van der Waals surface area contributed by atoms with Crippen LogP contribution in [0.2, 0.25) is 0 Å².